The van der Waals surface area contributed by atoms with Crippen LogP contribution in [-0.2, 0) is 9.31 Å². The molecule has 1 atom stereocenters. The highest BCUT2D eigenvalue weighted by molar-refractivity contribution is 7.16. The standard InChI is InChI=1S/C16H27BN2O2S/c1-11-9-7-8-10-19(11)14-18-13(12(2)22-14)17-20-15(3,4)16(5,6)21-17/h11H,7-10H2,1-6H3/i1D3,2D3,7D2,8D2,9D2,10D2,11D. The molecule has 2 aliphatic heterocycles. The molecule has 6 heteroatoms. The Balaban J connectivity index is 2.38. The summed E-state index contributed by atoms with van der Waals surface area (Å²) in [6.45, 7) is -3.67. The molecule has 3 rings (SSSR count). The molecule has 3 heterocycles. The first-order valence-electron chi connectivity index (χ1n) is 14.2. The van der Waals surface area contributed by atoms with Gasteiger partial charge < -0.3 is 14.2 Å². The predicted octanol–water partition coefficient (Wildman–Crippen LogP) is 3.13. The summed E-state index contributed by atoms with van der Waals surface area (Å²) in [6.07, 6.45) is -11.4. The Kier molecular flexibility index (Phi) is 1.51. The highest BCUT2D eigenvalue weighted by Crippen LogP contribution is 2.37. The van der Waals surface area contributed by atoms with E-state index in [9.17, 15) is 0 Å². The van der Waals surface area contributed by atoms with Gasteiger partial charge in [0.2, 0.25) is 0 Å². The topological polar surface area (TPSA) is 34.6 Å². The molecule has 1 aromatic heterocycles. The number of aryl methyl sites for hydroxylation is 1. The van der Waals surface area contributed by atoms with E-state index in [2.05, 4.69) is 4.98 Å². The van der Waals surface area contributed by atoms with Crippen LogP contribution >= 0.6 is 11.3 Å². The molecule has 0 saturated carbocycles. The molecule has 0 aromatic carbocycles. The van der Waals surface area contributed by atoms with E-state index >= 15 is 0 Å². The number of aromatic nitrogens is 1. The quantitative estimate of drug-likeness (QED) is 0.777. The molecule has 0 aliphatic carbocycles. The molecule has 22 heavy (non-hydrogen) atoms. The lowest BCUT2D eigenvalue weighted by Crippen LogP contribution is -2.41. The summed E-state index contributed by atoms with van der Waals surface area (Å²) < 4.78 is 134. The van der Waals surface area contributed by atoms with Gasteiger partial charge in [-0.2, -0.15) is 0 Å². The Hall–Kier alpha value is -0.585. The van der Waals surface area contributed by atoms with Crippen LogP contribution in [0, 0.1) is 6.85 Å². The Bertz CT molecular complexity index is 1070. The van der Waals surface area contributed by atoms with Crippen molar-refractivity contribution in [3.63, 3.8) is 0 Å². The molecule has 4 nitrogen and oxygen atoms in total. The average molecular weight is 337 g/mol. The van der Waals surface area contributed by atoms with Crippen LogP contribution in [0.25, 0.3) is 0 Å². The third-order valence-electron chi connectivity index (χ3n) is 3.94. The zero-order chi connectivity index (χ0) is 29.2. The number of anilines is 1. The summed E-state index contributed by atoms with van der Waals surface area (Å²) in [4.78, 5) is 3.44. The van der Waals surface area contributed by atoms with E-state index in [-0.39, 0.29) is 16.2 Å². The van der Waals surface area contributed by atoms with Crippen molar-refractivity contribution >= 4 is 29.2 Å². The fourth-order valence-corrected chi connectivity index (χ4v) is 2.76. The molecule has 122 valence electrons. The Morgan fingerprint density at radius 3 is 2.73 bits per heavy atom. The molecular weight excluding hydrogens is 295 g/mol. The maximum absolute atomic E-state index is 8.73. The summed E-state index contributed by atoms with van der Waals surface area (Å²) in [5, 5.41) is -0.852. The van der Waals surface area contributed by atoms with Crippen molar-refractivity contribution in [1.29, 1.82) is 0 Å². The van der Waals surface area contributed by atoms with Gasteiger partial charge in [0.05, 0.1) is 18.2 Å². The molecule has 0 amide bonds. The summed E-state index contributed by atoms with van der Waals surface area (Å²) in [5.41, 5.74) is -2.32. The highest BCUT2D eigenvalue weighted by Gasteiger charge is 2.53. The van der Waals surface area contributed by atoms with Gasteiger partial charge in [-0.3, -0.25) is 0 Å². The molecule has 2 saturated heterocycles. The van der Waals surface area contributed by atoms with Gasteiger partial charge in [-0.1, -0.05) is 0 Å². The lowest BCUT2D eigenvalue weighted by atomic mass is 9.84. The summed E-state index contributed by atoms with van der Waals surface area (Å²) in [7, 11) is -1.42. The van der Waals surface area contributed by atoms with Crippen LogP contribution in [0.1, 0.15) is 79.1 Å². The Morgan fingerprint density at radius 1 is 1.36 bits per heavy atom. The number of nitrogens with zero attached hydrogens (tertiary/aromatic N) is 2. The van der Waals surface area contributed by atoms with Crippen LogP contribution < -0.4 is 10.5 Å². The monoisotopic (exact) mass is 337 g/mol. The van der Waals surface area contributed by atoms with Crippen LogP contribution in [0.4, 0.5) is 5.13 Å². The Morgan fingerprint density at radius 2 is 2.09 bits per heavy atom. The van der Waals surface area contributed by atoms with E-state index in [1.807, 2.05) is 0 Å². The zero-order valence-corrected chi connectivity index (χ0v) is 13.5. The number of thiazole rings is 1. The largest absolute Gasteiger partial charge is 0.515 e. The van der Waals surface area contributed by atoms with Gasteiger partial charge in [0.25, 0.3) is 0 Å². The van der Waals surface area contributed by atoms with Crippen molar-refractivity contribution in [2.45, 2.75) is 77.7 Å². The third kappa shape index (κ3) is 2.70. The van der Waals surface area contributed by atoms with Crippen LogP contribution in [0.15, 0.2) is 0 Å². The second-order valence-corrected chi connectivity index (χ2v) is 6.95. The first-order chi connectivity index (χ1) is 16.0. The van der Waals surface area contributed by atoms with Gasteiger partial charge in [-0.15, -0.1) is 11.3 Å². The van der Waals surface area contributed by atoms with Crippen molar-refractivity contribution in [1.82, 2.24) is 4.98 Å². The van der Waals surface area contributed by atoms with Gasteiger partial charge >= 0.3 is 7.12 Å². The fourth-order valence-electron chi connectivity index (χ4n) is 1.96. The first kappa shape index (κ1) is 6.05. The minimum Gasteiger partial charge on any atom is -0.398 e. The second-order valence-electron chi connectivity index (χ2n) is 5.97. The first-order valence-corrected chi connectivity index (χ1v) is 7.51. The zero-order valence-electron chi connectivity index (χ0n) is 27.7. The summed E-state index contributed by atoms with van der Waals surface area (Å²) in [6, 6.07) is -3.78. The molecular formula is C16H27BN2O2S. The van der Waals surface area contributed by atoms with Crippen molar-refractivity contribution in [3.8, 4) is 0 Å². The number of piperidine rings is 1. The third-order valence-corrected chi connectivity index (χ3v) is 4.81. The Labute approximate surface area is 159 Å². The number of rotatable bonds is 2. The molecule has 0 spiro atoms. The smallest absolute Gasteiger partial charge is 0.398 e. The maximum Gasteiger partial charge on any atom is 0.515 e. The van der Waals surface area contributed by atoms with E-state index in [0.29, 0.717) is 0 Å². The van der Waals surface area contributed by atoms with Gasteiger partial charge in [-0.05, 0) is 60.5 Å². The van der Waals surface area contributed by atoms with E-state index in [4.69, 9.17) is 29.9 Å². The summed E-state index contributed by atoms with van der Waals surface area (Å²) in [5.74, 6) is 0. The number of hydrogen-bond acceptors (Lipinski definition) is 5. The van der Waals surface area contributed by atoms with E-state index in [0.717, 1.165) is 0 Å². The molecule has 1 aromatic rings. The van der Waals surface area contributed by atoms with E-state index in [1.165, 1.54) is 0 Å². The summed E-state index contributed by atoms with van der Waals surface area (Å²) >= 11 is 0.209. The lowest BCUT2D eigenvalue weighted by Gasteiger charge is -2.33. The molecule has 2 aliphatic rings. The minimum absolute atomic E-state index is 0.0943. The van der Waals surface area contributed by atoms with E-state index in [1.54, 1.807) is 27.7 Å². The minimum atomic E-state index is -3.85. The number of hydrogen-bond donors (Lipinski definition) is 0. The van der Waals surface area contributed by atoms with Gasteiger partial charge in [0.15, 0.2) is 5.13 Å². The van der Waals surface area contributed by atoms with Crippen LogP contribution in [-0.4, -0.2) is 35.8 Å². The van der Waals surface area contributed by atoms with Gasteiger partial charge in [0.1, 0.15) is 0 Å². The molecule has 2 fully saturated rings. The van der Waals surface area contributed by atoms with Crippen LogP contribution in [0.3, 0.4) is 0 Å². The van der Waals surface area contributed by atoms with Gasteiger partial charge in [-0.25, -0.2) is 4.98 Å². The fraction of sp³-hybridized carbons (Fsp3) is 0.812. The molecule has 1 unspecified atom stereocenters. The van der Waals surface area contributed by atoms with Crippen molar-refractivity contribution in [3.05, 3.63) is 4.88 Å². The van der Waals surface area contributed by atoms with Crippen LogP contribution in [0.5, 0.6) is 0 Å². The molecule has 0 radical (unpaired) electrons. The predicted molar refractivity (Wildman–Crippen MR) is 93.2 cm³/mol. The average Bonchev–Trinajstić information content (AvgIpc) is 3.17. The van der Waals surface area contributed by atoms with Crippen molar-refractivity contribution in [2.24, 2.45) is 0 Å². The maximum atomic E-state index is 8.73. The van der Waals surface area contributed by atoms with Gasteiger partial charge in [0, 0.05) is 36.6 Å². The van der Waals surface area contributed by atoms with Crippen molar-refractivity contribution < 1.29 is 29.9 Å². The molecule has 0 bridgehead atoms. The lowest BCUT2D eigenvalue weighted by molar-refractivity contribution is 0.00578. The highest BCUT2D eigenvalue weighted by atomic mass is 32.1. The van der Waals surface area contributed by atoms with Crippen molar-refractivity contribution in [2.75, 3.05) is 11.4 Å². The van der Waals surface area contributed by atoms with E-state index < -0.39 is 79.3 Å². The second kappa shape index (κ2) is 5.50. The normalized spacial score (nSPS) is 51.2. The SMILES string of the molecule is [2H]C([2H])([2H])c1sc(N2C([2H])([2H])C([2H])([2H])C([2H])([2H])C([2H])([2H])C2([2H])C([2H])([2H])[2H])nc1B1OC(C)(C)C(C)(C)O1. The van der Waals surface area contributed by atoms with Crippen LogP contribution in [0.2, 0.25) is 0 Å². The molecule has 0 N–H and O–H groups in total.